The highest BCUT2D eigenvalue weighted by atomic mass is 16.2. The van der Waals surface area contributed by atoms with Gasteiger partial charge >= 0.3 is 0 Å². The molecular weight excluding hydrogens is 296 g/mol. The van der Waals surface area contributed by atoms with Gasteiger partial charge in [-0.05, 0) is 43.7 Å². The van der Waals surface area contributed by atoms with E-state index in [1.807, 2.05) is 24.3 Å². The summed E-state index contributed by atoms with van der Waals surface area (Å²) in [7, 11) is 0. The summed E-state index contributed by atoms with van der Waals surface area (Å²) in [4.78, 5) is 19.4. The van der Waals surface area contributed by atoms with Crippen molar-refractivity contribution >= 4 is 22.9 Å². The second kappa shape index (κ2) is 6.76. The molecule has 2 aliphatic rings. The molecule has 0 bridgehead atoms. The fourth-order valence-electron chi connectivity index (χ4n) is 4.42. The zero-order chi connectivity index (χ0) is 16.4. The van der Waals surface area contributed by atoms with E-state index in [0.717, 1.165) is 35.3 Å². The molecule has 2 unspecified atom stereocenters. The highest BCUT2D eigenvalue weighted by molar-refractivity contribution is 5.95. The van der Waals surface area contributed by atoms with Crippen molar-refractivity contribution in [2.45, 2.75) is 44.6 Å². The summed E-state index contributed by atoms with van der Waals surface area (Å²) in [5.41, 5.74) is 1.97. The minimum atomic E-state index is 0.166. The Hall–Kier alpha value is -2.16. The SMILES string of the molecule is O=C(/C=C/c1cccc2cccnc12)N1CCCC2CCCCC21. The van der Waals surface area contributed by atoms with Crippen molar-refractivity contribution in [1.29, 1.82) is 0 Å². The van der Waals surface area contributed by atoms with Crippen molar-refractivity contribution in [3.8, 4) is 0 Å². The lowest BCUT2D eigenvalue weighted by atomic mass is 9.78. The number of amides is 1. The first-order valence-corrected chi connectivity index (χ1v) is 9.15. The molecule has 0 N–H and O–H groups in total. The van der Waals surface area contributed by atoms with Gasteiger partial charge in [-0.15, -0.1) is 0 Å². The lowest BCUT2D eigenvalue weighted by Crippen LogP contribution is -2.49. The summed E-state index contributed by atoms with van der Waals surface area (Å²) >= 11 is 0. The second-order valence-corrected chi connectivity index (χ2v) is 7.04. The van der Waals surface area contributed by atoms with E-state index < -0.39 is 0 Å². The van der Waals surface area contributed by atoms with E-state index in [-0.39, 0.29) is 5.91 Å². The number of pyridine rings is 1. The molecular formula is C21H24N2O. The maximum atomic E-state index is 12.8. The van der Waals surface area contributed by atoms with Crippen molar-refractivity contribution in [2.75, 3.05) is 6.54 Å². The molecule has 0 radical (unpaired) electrons. The predicted octanol–water partition coefficient (Wildman–Crippen LogP) is 4.43. The molecule has 3 nitrogen and oxygen atoms in total. The summed E-state index contributed by atoms with van der Waals surface area (Å²) in [6.07, 6.45) is 13.0. The zero-order valence-electron chi connectivity index (χ0n) is 14.0. The third-order valence-electron chi connectivity index (χ3n) is 5.60. The van der Waals surface area contributed by atoms with E-state index in [1.54, 1.807) is 12.3 Å². The van der Waals surface area contributed by atoms with Crippen LogP contribution in [-0.4, -0.2) is 28.4 Å². The van der Waals surface area contributed by atoms with Gasteiger partial charge in [-0.1, -0.05) is 37.1 Å². The van der Waals surface area contributed by atoms with Gasteiger partial charge in [0, 0.05) is 35.8 Å². The molecule has 24 heavy (non-hydrogen) atoms. The van der Waals surface area contributed by atoms with Crippen molar-refractivity contribution in [3.05, 3.63) is 48.2 Å². The Kier molecular flexibility index (Phi) is 4.33. The van der Waals surface area contributed by atoms with Crippen LogP contribution in [0.25, 0.3) is 17.0 Å². The van der Waals surface area contributed by atoms with Crippen LogP contribution in [0.5, 0.6) is 0 Å². The van der Waals surface area contributed by atoms with Crippen molar-refractivity contribution in [2.24, 2.45) is 5.92 Å². The Labute approximate surface area is 143 Å². The summed E-state index contributed by atoms with van der Waals surface area (Å²) in [5.74, 6) is 0.892. The van der Waals surface area contributed by atoms with Gasteiger partial charge in [-0.25, -0.2) is 0 Å². The number of benzene rings is 1. The van der Waals surface area contributed by atoms with Gasteiger partial charge in [-0.3, -0.25) is 9.78 Å². The van der Waals surface area contributed by atoms with Gasteiger partial charge in [0.2, 0.25) is 5.91 Å². The summed E-state index contributed by atoms with van der Waals surface area (Å²) in [6, 6.07) is 10.6. The number of carbonyl (C=O) groups excluding carboxylic acids is 1. The number of para-hydroxylation sites is 1. The molecule has 2 fully saturated rings. The van der Waals surface area contributed by atoms with Gasteiger partial charge in [0.25, 0.3) is 0 Å². The average Bonchev–Trinajstić information content (AvgIpc) is 2.65. The van der Waals surface area contributed by atoms with E-state index in [9.17, 15) is 4.79 Å². The highest BCUT2D eigenvalue weighted by Crippen LogP contribution is 2.35. The number of rotatable bonds is 2. The molecule has 2 aromatic rings. The van der Waals surface area contributed by atoms with Crippen LogP contribution in [0.4, 0.5) is 0 Å². The molecule has 1 aromatic carbocycles. The van der Waals surface area contributed by atoms with Crippen LogP contribution >= 0.6 is 0 Å². The van der Waals surface area contributed by atoms with E-state index in [0.29, 0.717) is 6.04 Å². The van der Waals surface area contributed by atoms with Gasteiger partial charge in [0.1, 0.15) is 0 Å². The molecule has 1 aromatic heterocycles. The van der Waals surface area contributed by atoms with E-state index in [2.05, 4.69) is 22.0 Å². The average molecular weight is 320 g/mol. The Balaban J connectivity index is 1.55. The molecule has 2 heterocycles. The molecule has 2 atom stereocenters. The van der Waals surface area contributed by atoms with Crippen LogP contribution in [0, 0.1) is 5.92 Å². The molecule has 124 valence electrons. The zero-order valence-corrected chi connectivity index (χ0v) is 14.0. The number of aromatic nitrogens is 1. The van der Waals surface area contributed by atoms with Crippen LogP contribution in [-0.2, 0) is 4.79 Å². The molecule has 0 spiro atoms. The van der Waals surface area contributed by atoms with Crippen LogP contribution in [0.2, 0.25) is 0 Å². The van der Waals surface area contributed by atoms with Gasteiger partial charge in [0.15, 0.2) is 0 Å². The lowest BCUT2D eigenvalue weighted by Gasteiger charge is -2.43. The Bertz CT molecular complexity index is 760. The molecule has 1 saturated heterocycles. The largest absolute Gasteiger partial charge is 0.336 e. The Morgan fingerprint density at radius 3 is 2.88 bits per heavy atom. The predicted molar refractivity (Wildman–Crippen MR) is 97.5 cm³/mol. The van der Waals surface area contributed by atoms with Crippen LogP contribution in [0.3, 0.4) is 0 Å². The summed E-state index contributed by atoms with van der Waals surface area (Å²) < 4.78 is 0. The molecule has 1 aliphatic carbocycles. The summed E-state index contributed by atoms with van der Waals surface area (Å²) in [5, 5.41) is 1.11. The summed E-state index contributed by atoms with van der Waals surface area (Å²) in [6.45, 7) is 0.915. The van der Waals surface area contributed by atoms with Gasteiger partial charge in [-0.2, -0.15) is 0 Å². The van der Waals surface area contributed by atoms with Crippen molar-refractivity contribution in [1.82, 2.24) is 9.88 Å². The van der Waals surface area contributed by atoms with Crippen LogP contribution in [0.1, 0.15) is 44.1 Å². The minimum absolute atomic E-state index is 0.166. The van der Waals surface area contributed by atoms with E-state index >= 15 is 0 Å². The third-order valence-corrected chi connectivity index (χ3v) is 5.60. The standard InChI is InChI=1S/C21H24N2O/c24-20(23-15-5-10-16-6-1-2-11-19(16)23)13-12-18-8-3-7-17-9-4-14-22-21(17)18/h3-4,7-9,12-14,16,19H,1-2,5-6,10-11,15H2/b13-12+. The van der Waals surface area contributed by atoms with E-state index in [4.69, 9.17) is 0 Å². The normalized spacial score (nSPS) is 24.2. The smallest absolute Gasteiger partial charge is 0.246 e. The van der Waals surface area contributed by atoms with Crippen LogP contribution < -0.4 is 0 Å². The Morgan fingerprint density at radius 2 is 1.92 bits per heavy atom. The van der Waals surface area contributed by atoms with E-state index in [1.165, 1.54) is 32.1 Å². The number of hydrogen-bond acceptors (Lipinski definition) is 2. The first-order chi connectivity index (χ1) is 11.8. The topological polar surface area (TPSA) is 33.2 Å². The first-order valence-electron chi connectivity index (χ1n) is 9.15. The van der Waals surface area contributed by atoms with Gasteiger partial charge < -0.3 is 4.90 Å². The molecule has 4 rings (SSSR count). The lowest BCUT2D eigenvalue weighted by molar-refractivity contribution is -0.132. The number of fused-ring (bicyclic) bond motifs is 2. The number of hydrogen-bond donors (Lipinski definition) is 0. The monoisotopic (exact) mass is 320 g/mol. The van der Waals surface area contributed by atoms with Gasteiger partial charge in [0.05, 0.1) is 5.52 Å². The molecule has 3 heteroatoms. The Morgan fingerprint density at radius 1 is 1.08 bits per heavy atom. The molecule has 1 saturated carbocycles. The third kappa shape index (κ3) is 2.95. The number of nitrogens with zero attached hydrogens (tertiary/aromatic N) is 2. The fourth-order valence-corrected chi connectivity index (χ4v) is 4.42. The van der Waals surface area contributed by atoms with Crippen molar-refractivity contribution < 1.29 is 4.79 Å². The van der Waals surface area contributed by atoms with Crippen LogP contribution in [0.15, 0.2) is 42.6 Å². The maximum absolute atomic E-state index is 12.8. The number of piperidine rings is 1. The number of likely N-dealkylation sites (tertiary alicyclic amines) is 1. The fraction of sp³-hybridized carbons (Fsp3) is 0.429. The molecule has 1 aliphatic heterocycles. The quantitative estimate of drug-likeness (QED) is 0.767. The first kappa shape index (κ1) is 15.4. The number of carbonyl (C=O) groups is 1. The minimum Gasteiger partial charge on any atom is -0.336 e. The second-order valence-electron chi connectivity index (χ2n) is 7.04. The van der Waals surface area contributed by atoms with Crippen molar-refractivity contribution in [3.63, 3.8) is 0 Å². The highest BCUT2D eigenvalue weighted by Gasteiger charge is 2.34. The maximum Gasteiger partial charge on any atom is 0.246 e. The molecule has 1 amide bonds.